The topological polar surface area (TPSA) is 75.4 Å². The zero-order valence-corrected chi connectivity index (χ0v) is 13.0. The minimum Gasteiger partial charge on any atom is -0.327 e. The van der Waals surface area contributed by atoms with Crippen molar-refractivity contribution in [2.24, 2.45) is 11.7 Å². The Kier molecular flexibility index (Phi) is 8.77. The molecule has 18 heavy (non-hydrogen) atoms. The predicted octanol–water partition coefficient (Wildman–Crippen LogP) is 1.32. The molecule has 0 amide bonds. The van der Waals surface area contributed by atoms with Crippen molar-refractivity contribution < 1.29 is 8.42 Å². The first-order chi connectivity index (χ1) is 8.33. The summed E-state index contributed by atoms with van der Waals surface area (Å²) < 4.78 is 28.2. The third-order valence-electron chi connectivity index (χ3n) is 2.59. The second-order valence-electron chi connectivity index (χ2n) is 5.14. The zero-order chi connectivity index (χ0) is 14.2. The van der Waals surface area contributed by atoms with Crippen molar-refractivity contribution in [1.29, 1.82) is 0 Å². The van der Waals surface area contributed by atoms with Gasteiger partial charge < -0.3 is 5.73 Å². The van der Waals surface area contributed by atoms with Gasteiger partial charge >= 0.3 is 0 Å². The van der Waals surface area contributed by atoms with Gasteiger partial charge in [0.2, 0.25) is 0 Å². The molecule has 0 aliphatic rings. The molecule has 0 rings (SSSR count). The highest BCUT2D eigenvalue weighted by Crippen LogP contribution is 2.04. The van der Waals surface area contributed by atoms with Crippen LogP contribution < -0.4 is 10.5 Å². The summed E-state index contributed by atoms with van der Waals surface area (Å²) in [6, 6.07) is -0.120. The first-order valence-corrected chi connectivity index (χ1v) is 8.27. The molecule has 1 unspecified atom stereocenters. The van der Waals surface area contributed by atoms with Crippen LogP contribution in [0.3, 0.4) is 0 Å². The number of rotatable bonds is 10. The largest absolute Gasteiger partial charge is 0.327 e. The monoisotopic (exact) mass is 279 g/mol. The van der Waals surface area contributed by atoms with Crippen molar-refractivity contribution in [3.05, 3.63) is 0 Å². The van der Waals surface area contributed by atoms with Crippen LogP contribution in [0, 0.1) is 5.92 Å². The molecule has 0 aliphatic carbocycles. The summed E-state index contributed by atoms with van der Waals surface area (Å²) >= 11 is 0. The van der Waals surface area contributed by atoms with E-state index >= 15 is 0 Å². The van der Waals surface area contributed by atoms with Crippen LogP contribution in [0.2, 0.25) is 0 Å². The summed E-state index contributed by atoms with van der Waals surface area (Å²) in [6.07, 6.45) is 2.46. The standard InChI is InChI=1S/C12H29N3O2S/c1-5-7-15(8-6-2)18(16,17)14-10-12(13)9-11(3)4/h11-12,14H,5-10,13H2,1-4H3. The Labute approximate surface area is 112 Å². The van der Waals surface area contributed by atoms with Crippen LogP contribution >= 0.6 is 0 Å². The maximum Gasteiger partial charge on any atom is 0.279 e. The molecule has 6 heteroatoms. The molecule has 0 bridgehead atoms. The molecule has 0 aromatic carbocycles. The van der Waals surface area contributed by atoms with E-state index in [-0.39, 0.29) is 6.04 Å². The van der Waals surface area contributed by atoms with Gasteiger partial charge in [0.05, 0.1) is 0 Å². The van der Waals surface area contributed by atoms with E-state index in [1.54, 1.807) is 0 Å². The van der Waals surface area contributed by atoms with Crippen molar-refractivity contribution >= 4 is 10.2 Å². The molecule has 0 aromatic rings. The van der Waals surface area contributed by atoms with Gasteiger partial charge in [-0.2, -0.15) is 12.7 Å². The Hall–Kier alpha value is -0.170. The third-order valence-corrected chi connectivity index (χ3v) is 4.16. The molecule has 0 spiro atoms. The molecule has 0 saturated heterocycles. The Bertz CT molecular complexity index is 298. The highest BCUT2D eigenvalue weighted by molar-refractivity contribution is 7.87. The fraction of sp³-hybridized carbons (Fsp3) is 1.00. The van der Waals surface area contributed by atoms with Crippen LogP contribution in [0.4, 0.5) is 0 Å². The summed E-state index contributed by atoms with van der Waals surface area (Å²) in [7, 11) is -3.37. The Morgan fingerprint density at radius 2 is 1.67 bits per heavy atom. The maximum absolute atomic E-state index is 12.1. The van der Waals surface area contributed by atoms with E-state index in [4.69, 9.17) is 5.73 Å². The van der Waals surface area contributed by atoms with Crippen LogP contribution in [0.5, 0.6) is 0 Å². The van der Waals surface area contributed by atoms with Crippen LogP contribution in [-0.2, 0) is 10.2 Å². The van der Waals surface area contributed by atoms with E-state index in [0.717, 1.165) is 19.3 Å². The minimum absolute atomic E-state index is 0.120. The summed E-state index contributed by atoms with van der Waals surface area (Å²) in [5.74, 6) is 0.479. The van der Waals surface area contributed by atoms with Gasteiger partial charge in [0, 0.05) is 25.7 Å². The first kappa shape index (κ1) is 17.8. The molecule has 110 valence electrons. The van der Waals surface area contributed by atoms with Crippen molar-refractivity contribution in [1.82, 2.24) is 9.03 Å². The maximum atomic E-state index is 12.1. The van der Waals surface area contributed by atoms with Crippen LogP contribution in [0.15, 0.2) is 0 Å². The second-order valence-corrected chi connectivity index (χ2v) is 6.90. The molecular weight excluding hydrogens is 250 g/mol. The van der Waals surface area contributed by atoms with E-state index in [1.807, 2.05) is 13.8 Å². The minimum atomic E-state index is -3.37. The fourth-order valence-electron chi connectivity index (χ4n) is 1.84. The summed E-state index contributed by atoms with van der Waals surface area (Å²) in [5.41, 5.74) is 5.88. The van der Waals surface area contributed by atoms with Gasteiger partial charge in [-0.1, -0.05) is 27.7 Å². The average molecular weight is 279 g/mol. The smallest absolute Gasteiger partial charge is 0.279 e. The van der Waals surface area contributed by atoms with Gasteiger partial charge in [-0.25, -0.2) is 4.72 Å². The lowest BCUT2D eigenvalue weighted by Gasteiger charge is -2.23. The number of hydrogen-bond acceptors (Lipinski definition) is 3. The van der Waals surface area contributed by atoms with Crippen LogP contribution in [0.1, 0.15) is 47.0 Å². The van der Waals surface area contributed by atoms with Gasteiger partial charge in [0.15, 0.2) is 0 Å². The van der Waals surface area contributed by atoms with E-state index in [1.165, 1.54) is 4.31 Å². The Morgan fingerprint density at radius 3 is 2.06 bits per heavy atom. The fourth-order valence-corrected chi connectivity index (χ4v) is 3.30. The number of nitrogens with one attached hydrogen (secondary N) is 1. The Morgan fingerprint density at radius 1 is 1.17 bits per heavy atom. The van der Waals surface area contributed by atoms with Crippen molar-refractivity contribution in [3.8, 4) is 0 Å². The van der Waals surface area contributed by atoms with E-state index in [0.29, 0.717) is 25.6 Å². The highest BCUT2D eigenvalue weighted by atomic mass is 32.2. The van der Waals surface area contributed by atoms with Gasteiger partial charge in [-0.3, -0.25) is 0 Å². The normalized spacial score (nSPS) is 14.4. The van der Waals surface area contributed by atoms with E-state index in [9.17, 15) is 8.42 Å². The quantitative estimate of drug-likeness (QED) is 0.633. The van der Waals surface area contributed by atoms with Crippen LogP contribution in [-0.4, -0.2) is 38.4 Å². The molecule has 0 saturated carbocycles. The van der Waals surface area contributed by atoms with Gasteiger partial charge in [0.25, 0.3) is 10.2 Å². The highest BCUT2D eigenvalue weighted by Gasteiger charge is 2.20. The summed E-state index contributed by atoms with van der Waals surface area (Å²) in [5, 5.41) is 0. The predicted molar refractivity (Wildman–Crippen MR) is 76.5 cm³/mol. The van der Waals surface area contributed by atoms with Crippen molar-refractivity contribution in [3.63, 3.8) is 0 Å². The first-order valence-electron chi connectivity index (χ1n) is 6.83. The number of nitrogens with two attached hydrogens (primary N) is 1. The molecule has 0 heterocycles. The number of hydrogen-bond donors (Lipinski definition) is 2. The molecule has 0 aromatic heterocycles. The zero-order valence-electron chi connectivity index (χ0n) is 12.1. The molecule has 3 N–H and O–H groups in total. The van der Waals surface area contributed by atoms with Crippen molar-refractivity contribution in [2.75, 3.05) is 19.6 Å². The molecule has 0 radical (unpaired) electrons. The average Bonchev–Trinajstić information content (AvgIpc) is 2.25. The molecule has 0 aliphatic heterocycles. The third kappa shape index (κ3) is 7.31. The Balaban J connectivity index is 4.34. The van der Waals surface area contributed by atoms with Gasteiger partial charge in [0.1, 0.15) is 0 Å². The lowest BCUT2D eigenvalue weighted by molar-refractivity contribution is 0.397. The lowest BCUT2D eigenvalue weighted by atomic mass is 10.1. The van der Waals surface area contributed by atoms with Gasteiger partial charge in [-0.05, 0) is 25.2 Å². The molecular formula is C12H29N3O2S. The van der Waals surface area contributed by atoms with Crippen LogP contribution in [0.25, 0.3) is 0 Å². The summed E-state index contributed by atoms with van der Waals surface area (Å²) in [6.45, 7) is 9.53. The summed E-state index contributed by atoms with van der Waals surface area (Å²) in [4.78, 5) is 0. The SMILES string of the molecule is CCCN(CCC)S(=O)(=O)NCC(N)CC(C)C. The number of nitrogens with zero attached hydrogens (tertiary/aromatic N) is 1. The lowest BCUT2D eigenvalue weighted by Crippen LogP contribution is -2.46. The molecule has 0 fully saturated rings. The van der Waals surface area contributed by atoms with E-state index < -0.39 is 10.2 Å². The molecule has 5 nitrogen and oxygen atoms in total. The second kappa shape index (κ2) is 8.85. The van der Waals surface area contributed by atoms with Crippen molar-refractivity contribution in [2.45, 2.75) is 53.0 Å². The van der Waals surface area contributed by atoms with Gasteiger partial charge in [-0.15, -0.1) is 0 Å². The van der Waals surface area contributed by atoms with E-state index in [2.05, 4.69) is 18.6 Å². The molecule has 1 atom stereocenters.